The lowest BCUT2D eigenvalue weighted by atomic mass is 10.1. The van der Waals surface area contributed by atoms with Crippen LogP contribution >= 0.6 is 0 Å². The second kappa shape index (κ2) is 6.55. The zero-order valence-corrected chi connectivity index (χ0v) is 11.9. The van der Waals surface area contributed by atoms with Gasteiger partial charge in [-0.1, -0.05) is 54.6 Å². The van der Waals surface area contributed by atoms with Crippen LogP contribution in [0.3, 0.4) is 0 Å². The van der Waals surface area contributed by atoms with Crippen molar-refractivity contribution in [2.45, 2.75) is 25.5 Å². The largest absolute Gasteiger partial charge is 0.367 e. The van der Waals surface area contributed by atoms with Crippen molar-refractivity contribution in [2.24, 2.45) is 0 Å². The number of hydrogen-bond donors (Lipinski definition) is 1. The molecule has 3 nitrogen and oxygen atoms in total. The van der Waals surface area contributed by atoms with E-state index in [-0.39, 0.29) is 18.6 Å². The monoisotopic (exact) mass is 281 g/mol. The van der Waals surface area contributed by atoms with Crippen molar-refractivity contribution in [1.29, 1.82) is 0 Å². The average molecular weight is 281 g/mol. The summed E-state index contributed by atoms with van der Waals surface area (Å²) in [4.78, 5) is 12.0. The number of nitrogens with one attached hydrogen (secondary N) is 1. The van der Waals surface area contributed by atoms with E-state index in [0.29, 0.717) is 6.61 Å². The molecule has 21 heavy (non-hydrogen) atoms. The lowest BCUT2D eigenvalue weighted by molar-refractivity contribution is -0.126. The first-order chi connectivity index (χ1) is 10.3. The Hall–Kier alpha value is -2.13. The molecule has 0 fully saturated rings. The molecule has 0 bridgehead atoms. The quantitative estimate of drug-likeness (QED) is 0.915. The zero-order valence-electron chi connectivity index (χ0n) is 11.9. The topological polar surface area (TPSA) is 38.3 Å². The summed E-state index contributed by atoms with van der Waals surface area (Å²) in [6.07, 6.45) is 2.01. The van der Waals surface area contributed by atoms with Crippen molar-refractivity contribution in [3.63, 3.8) is 0 Å². The molecular formula is C18H19NO2. The Balaban J connectivity index is 1.47. The van der Waals surface area contributed by atoms with Gasteiger partial charge >= 0.3 is 0 Å². The molecule has 1 N–H and O–H groups in total. The van der Waals surface area contributed by atoms with Crippen LogP contribution in [0.15, 0.2) is 54.6 Å². The highest BCUT2D eigenvalue weighted by Crippen LogP contribution is 2.30. The van der Waals surface area contributed by atoms with Crippen molar-refractivity contribution >= 4 is 5.91 Å². The highest BCUT2D eigenvalue weighted by molar-refractivity contribution is 5.77. The summed E-state index contributed by atoms with van der Waals surface area (Å²) in [7, 11) is 0. The van der Waals surface area contributed by atoms with Crippen LogP contribution in [-0.2, 0) is 22.6 Å². The minimum Gasteiger partial charge on any atom is -0.367 e. The molecule has 0 heterocycles. The highest BCUT2D eigenvalue weighted by Gasteiger charge is 2.23. The number of amides is 1. The molecule has 1 amide bonds. The van der Waals surface area contributed by atoms with Crippen molar-refractivity contribution in [3.05, 3.63) is 71.3 Å². The van der Waals surface area contributed by atoms with Gasteiger partial charge in [0, 0.05) is 0 Å². The number of carbonyl (C=O) groups excluding carboxylic acids is 1. The van der Waals surface area contributed by atoms with E-state index in [9.17, 15) is 4.79 Å². The third kappa shape index (κ3) is 3.50. The first-order valence-electron chi connectivity index (χ1n) is 7.32. The molecule has 3 heteroatoms. The Kier molecular flexibility index (Phi) is 4.31. The number of carbonyl (C=O) groups is 1. The first kappa shape index (κ1) is 13.8. The van der Waals surface area contributed by atoms with Crippen molar-refractivity contribution in [3.8, 4) is 0 Å². The highest BCUT2D eigenvalue weighted by atomic mass is 16.5. The molecule has 2 aromatic rings. The maximum atomic E-state index is 12.0. The Morgan fingerprint density at radius 2 is 1.86 bits per heavy atom. The van der Waals surface area contributed by atoms with Gasteiger partial charge in [0.15, 0.2) is 0 Å². The Labute approximate surface area is 124 Å². The number of rotatable bonds is 5. The molecule has 108 valence electrons. The second-order valence-corrected chi connectivity index (χ2v) is 5.34. The van der Waals surface area contributed by atoms with Crippen LogP contribution in [0.1, 0.15) is 29.2 Å². The van der Waals surface area contributed by atoms with Crippen LogP contribution < -0.4 is 5.32 Å². The number of aryl methyl sites for hydroxylation is 1. The fourth-order valence-corrected chi connectivity index (χ4v) is 2.78. The number of ether oxygens (including phenoxy) is 1. The predicted molar refractivity (Wildman–Crippen MR) is 81.7 cm³/mol. The summed E-state index contributed by atoms with van der Waals surface area (Å²) in [6.45, 7) is 0.572. The van der Waals surface area contributed by atoms with Gasteiger partial charge in [-0.25, -0.2) is 0 Å². The summed E-state index contributed by atoms with van der Waals surface area (Å²) in [5.74, 6) is -0.0485. The third-order valence-electron chi connectivity index (χ3n) is 3.81. The van der Waals surface area contributed by atoms with Gasteiger partial charge in [-0.05, 0) is 29.5 Å². The van der Waals surface area contributed by atoms with E-state index < -0.39 is 0 Å². The molecule has 1 unspecified atom stereocenters. The summed E-state index contributed by atoms with van der Waals surface area (Å²) in [5, 5.41) is 3.06. The van der Waals surface area contributed by atoms with E-state index in [1.165, 1.54) is 11.1 Å². The SMILES string of the molecule is O=C(COCc1ccccc1)NC1CCc2ccccc21. The lowest BCUT2D eigenvalue weighted by Crippen LogP contribution is -2.30. The van der Waals surface area contributed by atoms with E-state index >= 15 is 0 Å². The van der Waals surface area contributed by atoms with Gasteiger partial charge in [0.1, 0.15) is 6.61 Å². The van der Waals surface area contributed by atoms with Gasteiger partial charge in [0.25, 0.3) is 0 Å². The molecule has 0 saturated heterocycles. The van der Waals surface area contributed by atoms with Gasteiger partial charge in [0.2, 0.25) is 5.91 Å². The van der Waals surface area contributed by atoms with Gasteiger partial charge in [-0.2, -0.15) is 0 Å². The summed E-state index contributed by atoms with van der Waals surface area (Å²) in [6, 6.07) is 18.3. The maximum Gasteiger partial charge on any atom is 0.246 e. The van der Waals surface area contributed by atoms with Crippen molar-refractivity contribution < 1.29 is 9.53 Å². The van der Waals surface area contributed by atoms with E-state index in [4.69, 9.17) is 4.74 Å². The van der Waals surface area contributed by atoms with Gasteiger partial charge in [-0.3, -0.25) is 4.79 Å². The first-order valence-corrected chi connectivity index (χ1v) is 7.32. The Morgan fingerprint density at radius 3 is 2.71 bits per heavy atom. The molecule has 0 radical (unpaired) electrons. The summed E-state index contributed by atoms with van der Waals surface area (Å²) in [5.41, 5.74) is 3.67. The van der Waals surface area contributed by atoms with Crippen LogP contribution in [0.25, 0.3) is 0 Å². The van der Waals surface area contributed by atoms with Gasteiger partial charge in [0.05, 0.1) is 12.6 Å². The summed E-state index contributed by atoms with van der Waals surface area (Å²) >= 11 is 0. The van der Waals surface area contributed by atoms with Crippen molar-refractivity contribution in [2.75, 3.05) is 6.61 Å². The smallest absolute Gasteiger partial charge is 0.246 e. The molecule has 1 aliphatic carbocycles. The molecule has 0 spiro atoms. The molecular weight excluding hydrogens is 262 g/mol. The fourth-order valence-electron chi connectivity index (χ4n) is 2.78. The molecule has 0 aliphatic heterocycles. The molecule has 3 rings (SSSR count). The standard InChI is InChI=1S/C18H19NO2/c20-18(13-21-12-14-6-2-1-3-7-14)19-17-11-10-15-8-4-5-9-16(15)17/h1-9,17H,10-13H2,(H,19,20). The lowest BCUT2D eigenvalue weighted by Gasteiger charge is -2.14. The molecule has 2 aromatic carbocycles. The van der Waals surface area contributed by atoms with Crippen LogP contribution in [0.4, 0.5) is 0 Å². The molecule has 0 saturated carbocycles. The Morgan fingerprint density at radius 1 is 1.10 bits per heavy atom. The third-order valence-corrected chi connectivity index (χ3v) is 3.81. The van der Waals surface area contributed by atoms with Crippen molar-refractivity contribution in [1.82, 2.24) is 5.32 Å². The number of hydrogen-bond acceptors (Lipinski definition) is 2. The van der Waals surface area contributed by atoms with Crippen LogP contribution in [0, 0.1) is 0 Å². The fraction of sp³-hybridized carbons (Fsp3) is 0.278. The average Bonchev–Trinajstić information content (AvgIpc) is 2.92. The molecule has 0 aromatic heterocycles. The zero-order chi connectivity index (χ0) is 14.5. The minimum absolute atomic E-state index is 0.0485. The second-order valence-electron chi connectivity index (χ2n) is 5.34. The minimum atomic E-state index is -0.0485. The van der Waals surface area contributed by atoms with Crippen LogP contribution in [0.5, 0.6) is 0 Å². The van der Waals surface area contributed by atoms with Gasteiger partial charge in [-0.15, -0.1) is 0 Å². The summed E-state index contributed by atoms with van der Waals surface area (Å²) < 4.78 is 5.47. The van der Waals surface area contributed by atoms with Crippen LogP contribution in [-0.4, -0.2) is 12.5 Å². The number of fused-ring (bicyclic) bond motifs is 1. The van der Waals surface area contributed by atoms with E-state index in [1.54, 1.807) is 0 Å². The van der Waals surface area contributed by atoms with E-state index in [1.807, 2.05) is 42.5 Å². The Bertz CT molecular complexity index is 610. The molecule has 1 aliphatic rings. The molecule has 1 atom stereocenters. The van der Waals surface area contributed by atoms with E-state index in [0.717, 1.165) is 18.4 Å². The van der Waals surface area contributed by atoms with Crippen LogP contribution in [0.2, 0.25) is 0 Å². The van der Waals surface area contributed by atoms with Gasteiger partial charge < -0.3 is 10.1 Å². The predicted octanol–water partition coefficient (Wildman–Crippen LogP) is 3.01. The maximum absolute atomic E-state index is 12.0. The van der Waals surface area contributed by atoms with E-state index in [2.05, 4.69) is 17.4 Å². The normalized spacial score (nSPS) is 16.5. The number of benzene rings is 2.